The van der Waals surface area contributed by atoms with Gasteiger partial charge in [-0.05, 0) is 43.5 Å². The smallest absolute Gasteiger partial charge is 0.119 e. The van der Waals surface area contributed by atoms with Gasteiger partial charge in [0.2, 0.25) is 0 Å². The highest BCUT2D eigenvalue weighted by molar-refractivity contribution is 5.32. The third kappa shape index (κ3) is 4.61. The maximum Gasteiger partial charge on any atom is 0.119 e. The number of aryl methyl sites for hydroxylation is 2. The largest absolute Gasteiger partial charge is 0.494 e. The molecule has 21 heavy (non-hydrogen) atoms. The van der Waals surface area contributed by atoms with E-state index in [9.17, 15) is 5.11 Å². The van der Waals surface area contributed by atoms with Crippen molar-refractivity contribution in [2.75, 3.05) is 6.61 Å². The second-order valence-electron chi connectivity index (χ2n) is 5.63. The van der Waals surface area contributed by atoms with Gasteiger partial charge in [0.05, 0.1) is 12.7 Å². The Balaban J connectivity index is 2.04. The number of hydrogen-bond acceptors (Lipinski definition) is 2. The molecule has 112 valence electrons. The Hall–Kier alpha value is -1.80. The highest BCUT2D eigenvalue weighted by Gasteiger charge is 2.09. The molecular weight excluding hydrogens is 260 g/mol. The fourth-order valence-corrected chi connectivity index (χ4v) is 2.53. The van der Waals surface area contributed by atoms with E-state index in [1.165, 1.54) is 16.7 Å². The zero-order valence-corrected chi connectivity index (χ0v) is 13.1. The first-order valence-electron chi connectivity index (χ1n) is 7.56. The fraction of sp³-hybridized carbons (Fsp3) is 0.368. The molecule has 2 nitrogen and oxygen atoms in total. The Bertz CT molecular complexity index is 552. The van der Waals surface area contributed by atoms with Crippen molar-refractivity contribution >= 4 is 0 Å². The molecule has 2 rings (SSSR count). The van der Waals surface area contributed by atoms with Crippen molar-refractivity contribution in [2.24, 2.45) is 0 Å². The van der Waals surface area contributed by atoms with E-state index in [2.05, 4.69) is 39.0 Å². The molecule has 2 aromatic rings. The number of aliphatic hydroxyl groups excluding tert-OH is 1. The summed E-state index contributed by atoms with van der Waals surface area (Å²) in [7, 11) is 0. The molecule has 2 aromatic carbocycles. The van der Waals surface area contributed by atoms with Gasteiger partial charge in [-0.2, -0.15) is 0 Å². The molecule has 0 fully saturated rings. The summed E-state index contributed by atoms with van der Waals surface area (Å²) in [6.07, 6.45) is 1.15. The minimum atomic E-state index is -0.480. The highest BCUT2D eigenvalue weighted by Crippen LogP contribution is 2.22. The summed E-state index contributed by atoms with van der Waals surface area (Å²) in [5.74, 6) is 0.860. The lowest BCUT2D eigenvalue weighted by Gasteiger charge is -2.13. The molecule has 0 bridgehead atoms. The second kappa shape index (κ2) is 7.28. The SMILES string of the molecule is CCCOc1ccc(C(O)Cc2cc(C)cc(C)c2)cc1. The monoisotopic (exact) mass is 284 g/mol. The Morgan fingerprint density at radius 3 is 2.19 bits per heavy atom. The number of ether oxygens (including phenoxy) is 1. The molecule has 1 unspecified atom stereocenters. The molecular formula is C19H24O2. The second-order valence-corrected chi connectivity index (χ2v) is 5.63. The van der Waals surface area contributed by atoms with E-state index in [4.69, 9.17) is 4.74 Å². The molecule has 0 spiro atoms. The van der Waals surface area contributed by atoms with Gasteiger partial charge in [-0.25, -0.2) is 0 Å². The van der Waals surface area contributed by atoms with Gasteiger partial charge in [-0.3, -0.25) is 0 Å². The Kier molecular flexibility index (Phi) is 5.40. The van der Waals surface area contributed by atoms with E-state index in [-0.39, 0.29) is 0 Å². The Labute approximate surface area is 127 Å². The van der Waals surface area contributed by atoms with Gasteiger partial charge in [-0.1, -0.05) is 48.4 Å². The molecule has 0 saturated heterocycles. The first-order chi connectivity index (χ1) is 10.1. The highest BCUT2D eigenvalue weighted by atomic mass is 16.5. The van der Waals surface area contributed by atoms with Crippen molar-refractivity contribution < 1.29 is 9.84 Å². The molecule has 2 heteroatoms. The van der Waals surface area contributed by atoms with Crippen LogP contribution in [-0.2, 0) is 6.42 Å². The minimum Gasteiger partial charge on any atom is -0.494 e. The Morgan fingerprint density at radius 1 is 1.00 bits per heavy atom. The normalized spacial score (nSPS) is 12.2. The standard InChI is InChI=1S/C19H24O2/c1-4-9-21-18-7-5-17(6-8-18)19(20)13-16-11-14(2)10-15(3)12-16/h5-8,10-12,19-20H,4,9,13H2,1-3H3. The van der Waals surface area contributed by atoms with Crippen LogP contribution in [0.15, 0.2) is 42.5 Å². The lowest BCUT2D eigenvalue weighted by molar-refractivity contribution is 0.178. The van der Waals surface area contributed by atoms with Crippen LogP contribution in [0.3, 0.4) is 0 Å². The van der Waals surface area contributed by atoms with E-state index in [0.29, 0.717) is 6.42 Å². The average Bonchev–Trinajstić information content (AvgIpc) is 2.44. The number of aliphatic hydroxyl groups is 1. The Morgan fingerprint density at radius 2 is 1.62 bits per heavy atom. The van der Waals surface area contributed by atoms with Gasteiger partial charge in [-0.15, -0.1) is 0 Å². The molecule has 0 aliphatic heterocycles. The van der Waals surface area contributed by atoms with Gasteiger partial charge in [0, 0.05) is 6.42 Å². The summed E-state index contributed by atoms with van der Waals surface area (Å²) in [6.45, 7) is 6.98. The molecule has 0 heterocycles. The quantitative estimate of drug-likeness (QED) is 0.853. The van der Waals surface area contributed by atoms with Gasteiger partial charge in [0.25, 0.3) is 0 Å². The van der Waals surface area contributed by atoms with Crippen LogP contribution in [0.5, 0.6) is 5.75 Å². The van der Waals surface area contributed by atoms with Crippen LogP contribution in [0.2, 0.25) is 0 Å². The number of rotatable bonds is 6. The zero-order valence-electron chi connectivity index (χ0n) is 13.1. The van der Waals surface area contributed by atoms with Crippen molar-refractivity contribution in [3.8, 4) is 5.75 Å². The third-order valence-electron chi connectivity index (χ3n) is 3.45. The van der Waals surface area contributed by atoms with E-state index in [1.807, 2.05) is 24.3 Å². The van der Waals surface area contributed by atoms with Crippen LogP contribution in [0.1, 0.15) is 41.7 Å². The molecule has 1 N–H and O–H groups in total. The summed E-state index contributed by atoms with van der Waals surface area (Å²) in [4.78, 5) is 0. The number of hydrogen-bond donors (Lipinski definition) is 1. The van der Waals surface area contributed by atoms with Crippen LogP contribution in [0, 0.1) is 13.8 Å². The van der Waals surface area contributed by atoms with Crippen LogP contribution in [0.4, 0.5) is 0 Å². The van der Waals surface area contributed by atoms with Gasteiger partial charge >= 0.3 is 0 Å². The van der Waals surface area contributed by atoms with Crippen LogP contribution >= 0.6 is 0 Å². The molecule has 0 aromatic heterocycles. The topological polar surface area (TPSA) is 29.5 Å². The first-order valence-corrected chi connectivity index (χ1v) is 7.56. The van der Waals surface area contributed by atoms with E-state index in [0.717, 1.165) is 24.3 Å². The van der Waals surface area contributed by atoms with Crippen molar-refractivity contribution in [3.63, 3.8) is 0 Å². The minimum absolute atomic E-state index is 0.480. The zero-order chi connectivity index (χ0) is 15.2. The predicted molar refractivity (Wildman–Crippen MR) is 86.8 cm³/mol. The lowest BCUT2D eigenvalue weighted by atomic mass is 9.98. The first kappa shape index (κ1) is 15.6. The molecule has 0 aliphatic rings. The van der Waals surface area contributed by atoms with Gasteiger partial charge < -0.3 is 9.84 Å². The molecule has 1 atom stereocenters. The maximum absolute atomic E-state index is 10.4. The lowest BCUT2D eigenvalue weighted by Crippen LogP contribution is -2.03. The molecule has 0 aliphatic carbocycles. The predicted octanol–water partition coefficient (Wildman–Crippen LogP) is 4.37. The van der Waals surface area contributed by atoms with Crippen LogP contribution in [0.25, 0.3) is 0 Å². The molecule has 0 radical (unpaired) electrons. The summed E-state index contributed by atoms with van der Waals surface area (Å²) in [6, 6.07) is 14.2. The average molecular weight is 284 g/mol. The summed E-state index contributed by atoms with van der Waals surface area (Å²) in [5.41, 5.74) is 4.57. The van der Waals surface area contributed by atoms with Crippen molar-refractivity contribution in [1.82, 2.24) is 0 Å². The van der Waals surface area contributed by atoms with Crippen LogP contribution in [-0.4, -0.2) is 11.7 Å². The third-order valence-corrected chi connectivity index (χ3v) is 3.45. The van der Waals surface area contributed by atoms with Crippen molar-refractivity contribution in [1.29, 1.82) is 0 Å². The maximum atomic E-state index is 10.4. The van der Waals surface area contributed by atoms with Crippen molar-refractivity contribution in [2.45, 2.75) is 39.7 Å². The van der Waals surface area contributed by atoms with Gasteiger partial charge in [0.1, 0.15) is 5.75 Å². The summed E-state index contributed by atoms with van der Waals surface area (Å²) in [5, 5.41) is 10.4. The van der Waals surface area contributed by atoms with E-state index in [1.54, 1.807) is 0 Å². The van der Waals surface area contributed by atoms with E-state index < -0.39 is 6.10 Å². The molecule has 0 amide bonds. The van der Waals surface area contributed by atoms with E-state index >= 15 is 0 Å². The van der Waals surface area contributed by atoms with Crippen LogP contribution < -0.4 is 4.74 Å². The van der Waals surface area contributed by atoms with Gasteiger partial charge in [0.15, 0.2) is 0 Å². The number of benzene rings is 2. The summed E-state index contributed by atoms with van der Waals surface area (Å²) >= 11 is 0. The molecule has 0 saturated carbocycles. The van der Waals surface area contributed by atoms with Crippen molar-refractivity contribution in [3.05, 3.63) is 64.7 Å². The fourth-order valence-electron chi connectivity index (χ4n) is 2.53. The summed E-state index contributed by atoms with van der Waals surface area (Å²) < 4.78 is 5.56.